The number of nitrogens with one attached hydrogen (secondary N) is 1. The molecule has 0 saturated carbocycles. The fourth-order valence-electron chi connectivity index (χ4n) is 3.35. The van der Waals surface area contributed by atoms with Crippen molar-refractivity contribution in [2.45, 2.75) is 5.54 Å². The maximum Gasteiger partial charge on any atom is 0.257 e. The first kappa shape index (κ1) is 18.6. The summed E-state index contributed by atoms with van der Waals surface area (Å²) in [5, 5.41) is 3.21. The van der Waals surface area contributed by atoms with Gasteiger partial charge in [-0.05, 0) is 34.1 Å². The van der Waals surface area contributed by atoms with E-state index in [9.17, 15) is 13.6 Å². The van der Waals surface area contributed by atoms with Crippen molar-refractivity contribution in [3.05, 3.63) is 69.7 Å². The van der Waals surface area contributed by atoms with Crippen molar-refractivity contribution in [1.82, 2.24) is 5.32 Å². The molecule has 27 heavy (non-hydrogen) atoms. The number of amidine groups is 1. The normalized spacial score (nSPS) is 24.3. The van der Waals surface area contributed by atoms with Crippen LogP contribution in [0.25, 0.3) is 0 Å². The molecule has 0 bridgehead atoms. The number of benzene rings is 2. The van der Waals surface area contributed by atoms with Crippen LogP contribution < -0.4 is 5.32 Å². The number of ether oxygens (including phenoxy) is 1. The number of hydrogen-bond acceptors (Lipinski definition) is 4. The summed E-state index contributed by atoms with van der Waals surface area (Å²) in [5.41, 5.74) is -0.203. The minimum absolute atomic E-state index is 0.0632. The van der Waals surface area contributed by atoms with Gasteiger partial charge in [0.2, 0.25) is 0 Å². The number of hydrogen-bond donors (Lipinski definition) is 1. The highest BCUT2D eigenvalue weighted by Crippen LogP contribution is 2.46. The topological polar surface area (TPSA) is 50.7 Å². The van der Waals surface area contributed by atoms with Gasteiger partial charge in [-0.2, -0.15) is 0 Å². The minimum Gasteiger partial charge on any atom is -0.378 e. The van der Waals surface area contributed by atoms with E-state index in [0.29, 0.717) is 23.1 Å². The second kappa shape index (κ2) is 7.33. The molecule has 2 atom stereocenters. The quantitative estimate of drug-likeness (QED) is 0.697. The number of rotatable bonds is 2. The third kappa shape index (κ3) is 3.41. The van der Waals surface area contributed by atoms with Gasteiger partial charge in [0.25, 0.3) is 5.91 Å². The Hall–Kier alpha value is -1.77. The van der Waals surface area contributed by atoms with Crippen LogP contribution in [0, 0.1) is 17.6 Å². The van der Waals surface area contributed by atoms with Crippen molar-refractivity contribution in [3.63, 3.8) is 0 Å². The van der Waals surface area contributed by atoms with Crippen LogP contribution in [0.15, 0.2) is 51.9 Å². The molecule has 4 rings (SSSR count). The molecular formula is C19H15BrF2N2O2S. The van der Waals surface area contributed by atoms with E-state index in [1.54, 1.807) is 24.3 Å². The predicted molar refractivity (Wildman–Crippen MR) is 104 cm³/mol. The molecule has 0 radical (unpaired) electrons. The molecule has 2 unspecified atom stereocenters. The standard InChI is InChI=1S/C19H15BrF2N2O2S/c20-14-6-13(15(21)7-16(14)22)19-10-26-8-12(19)9-27-18(24-19)23-17(25)11-4-2-1-3-5-11/h1-7,12H,8-10H2,(H,23,24,25). The van der Waals surface area contributed by atoms with Crippen molar-refractivity contribution < 1.29 is 18.3 Å². The lowest BCUT2D eigenvalue weighted by atomic mass is 9.81. The van der Waals surface area contributed by atoms with Crippen LogP contribution in [-0.2, 0) is 10.3 Å². The van der Waals surface area contributed by atoms with Crippen LogP contribution in [0.2, 0.25) is 0 Å². The first-order chi connectivity index (χ1) is 13.0. The molecule has 4 nitrogen and oxygen atoms in total. The summed E-state index contributed by atoms with van der Waals surface area (Å²) in [4.78, 5) is 17.1. The highest BCUT2D eigenvalue weighted by atomic mass is 79.9. The second-order valence-corrected chi connectivity index (χ2v) is 8.29. The molecule has 1 amide bonds. The van der Waals surface area contributed by atoms with E-state index in [1.807, 2.05) is 6.07 Å². The van der Waals surface area contributed by atoms with Gasteiger partial charge in [-0.1, -0.05) is 30.0 Å². The smallest absolute Gasteiger partial charge is 0.257 e. The lowest BCUT2D eigenvalue weighted by molar-refractivity contribution is 0.0977. The van der Waals surface area contributed by atoms with Crippen molar-refractivity contribution in [2.24, 2.45) is 10.9 Å². The van der Waals surface area contributed by atoms with E-state index in [4.69, 9.17) is 4.74 Å². The first-order valence-electron chi connectivity index (χ1n) is 8.31. The third-order valence-corrected chi connectivity index (χ3v) is 6.42. The number of aliphatic imine (C=N–C) groups is 1. The van der Waals surface area contributed by atoms with Gasteiger partial charge in [0.05, 0.1) is 17.7 Å². The average Bonchev–Trinajstić information content (AvgIpc) is 3.09. The summed E-state index contributed by atoms with van der Waals surface area (Å²) in [6.07, 6.45) is 0. The zero-order valence-corrected chi connectivity index (χ0v) is 16.4. The van der Waals surface area contributed by atoms with Gasteiger partial charge in [-0.15, -0.1) is 0 Å². The Morgan fingerprint density at radius 2 is 2.04 bits per heavy atom. The molecule has 140 valence electrons. The molecule has 1 N–H and O–H groups in total. The Morgan fingerprint density at radius 3 is 2.81 bits per heavy atom. The Kier molecular flexibility index (Phi) is 5.05. The lowest BCUT2D eigenvalue weighted by Gasteiger charge is -2.35. The SMILES string of the molecule is O=C(NC1=NC2(c3cc(Br)c(F)cc3F)COCC2CS1)c1ccccc1. The van der Waals surface area contributed by atoms with E-state index >= 15 is 0 Å². The number of thioether (sulfide) groups is 1. The highest BCUT2D eigenvalue weighted by molar-refractivity contribution is 9.10. The van der Waals surface area contributed by atoms with Gasteiger partial charge < -0.3 is 10.1 Å². The van der Waals surface area contributed by atoms with Crippen LogP contribution in [0.4, 0.5) is 8.78 Å². The van der Waals surface area contributed by atoms with Crippen LogP contribution in [0.3, 0.4) is 0 Å². The van der Waals surface area contributed by atoms with Crippen LogP contribution in [-0.4, -0.2) is 30.0 Å². The summed E-state index contributed by atoms with van der Waals surface area (Å²) >= 11 is 4.52. The maximum absolute atomic E-state index is 14.6. The monoisotopic (exact) mass is 452 g/mol. The van der Waals surface area contributed by atoms with Crippen LogP contribution >= 0.6 is 27.7 Å². The number of halogens is 3. The van der Waals surface area contributed by atoms with Gasteiger partial charge in [0.1, 0.15) is 17.2 Å². The highest BCUT2D eigenvalue weighted by Gasteiger charge is 2.50. The fraction of sp³-hybridized carbons (Fsp3) is 0.263. The maximum atomic E-state index is 14.6. The van der Waals surface area contributed by atoms with Crippen molar-refractivity contribution >= 4 is 38.8 Å². The van der Waals surface area contributed by atoms with Gasteiger partial charge in [-0.25, -0.2) is 13.8 Å². The second-order valence-electron chi connectivity index (χ2n) is 6.43. The van der Waals surface area contributed by atoms with Crippen LogP contribution in [0.5, 0.6) is 0 Å². The van der Waals surface area contributed by atoms with Gasteiger partial charge in [-0.3, -0.25) is 4.79 Å². The van der Waals surface area contributed by atoms with Crippen molar-refractivity contribution in [2.75, 3.05) is 19.0 Å². The zero-order valence-electron chi connectivity index (χ0n) is 14.0. The predicted octanol–water partition coefficient (Wildman–Crippen LogP) is 4.10. The van der Waals surface area contributed by atoms with Gasteiger partial charge >= 0.3 is 0 Å². The van der Waals surface area contributed by atoms with E-state index in [2.05, 4.69) is 26.2 Å². The molecule has 2 aliphatic rings. The zero-order chi connectivity index (χ0) is 19.0. The minimum atomic E-state index is -0.981. The summed E-state index contributed by atoms with van der Waals surface area (Å²) in [6, 6.07) is 11.1. The van der Waals surface area contributed by atoms with E-state index in [1.165, 1.54) is 17.8 Å². The fourth-order valence-corrected chi connectivity index (χ4v) is 4.82. The molecule has 1 saturated heterocycles. The van der Waals surface area contributed by atoms with E-state index in [0.717, 1.165) is 6.07 Å². The average molecular weight is 453 g/mol. The summed E-state index contributed by atoms with van der Waals surface area (Å²) in [6.45, 7) is 0.614. The molecule has 0 spiro atoms. The molecule has 1 fully saturated rings. The molecular weight excluding hydrogens is 438 g/mol. The molecule has 2 aromatic rings. The number of carbonyl (C=O) groups is 1. The van der Waals surface area contributed by atoms with E-state index < -0.39 is 17.2 Å². The van der Waals surface area contributed by atoms with Crippen LogP contribution in [0.1, 0.15) is 15.9 Å². The first-order valence-corrected chi connectivity index (χ1v) is 10.1. The summed E-state index contributed by atoms with van der Waals surface area (Å²) in [5.74, 6) is -1.07. The molecule has 2 aromatic carbocycles. The summed E-state index contributed by atoms with van der Waals surface area (Å²) < 4.78 is 34.1. The Labute approximate surface area is 167 Å². The number of fused-ring (bicyclic) bond motifs is 1. The third-order valence-electron chi connectivity index (χ3n) is 4.77. The Balaban J connectivity index is 1.71. The number of nitrogens with zero attached hydrogens (tertiary/aromatic N) is 1. The molecule has 0 aromatic heterocycles. The number of carbonyl (C=O) groups excluding carboxylic acids is 1. The Bertz CT molecular complexity index is 925. The molecule has 0 aliphatic carbocycles. The van der Waals surface area contributed by atoms with Crippen molar-refractivity contribution in [1.29, 1.82) is 0 Å². The molecule has 2 heterocycles. The van der Waals surface area contributed by atoms with Gasteiger partial charge in [0.15, 0.2) is 5.17 Å². The van der Waals surface area contributed by atoms with E-state index in [-0.39, 0.29) is 28.5 Å². The lowest BCUT2D eigenvalue weighted by Crippen LogP contribution is -2.42. The largest absolute Gasteiger partial charge is 0.378 e. The summed E-state index contributed by atoms with van der Waals surface area (Å²) in [7, 11) is 0. The van der Waals surface area contributed by atoms with Gasteiger partial charge in [0, 0.05) is 28.9 Å². The molecule has 2 aliphatic heterocycles. The molecule has 8 heteroatoms. The number of amides is 1. The Morgan fingerprint density at radius 1 is 1.26 bits per heavy atom. The van der Waals surface area contributed by atoms with Crippen molar-refractivity contribution in [3.8, 4) is 0 Å².